The van der Waals surface area contributed by atoms with Crippen molar-refractivity contribution in [2.45, 2.75) is 134 Å². The van der Waals surface area contributed by atoms with Crippen LogP contribution in [0.1, 0.15) is 134 Å². The van der Waals surface area contributed by atoms with E-state index in [0.717, 1.165) is 82.2 Å². The second-order valence-corrected chi connectivity index (χ2v) is 18.2. The highest BCUT2D eigenvalue weighted by atomic mass is 33.1. The minimum absolute atomic E-state index is 0.730. The van der Waals surface area contributed by atoms with E-state index in [1.165, 1.54) is 51.4 Å². The third kappa shape index (κ3) is 22.1. The Balaban J connectivity index is 5.25. The summed E-state index contributed by atoms with van der Waals surface area (Å²) < 4.78 is 2.03. The van der Waals surface area contributed by atoms with Gasteiger partial charge in [-0.05, 0) is 120 Å². The molecule has 0 amide bonds. The third-order valence-electron chi connectivity index (χ3n) is 7.76. The first-order valence-electron chi connectivity index (χ1n) is 16.5. The predicted molar refractivity (Wildman–Crippen MR) is 196 cm³/mol. The highest BCUT2D eigenvalue weighted by Crippen LogP contribution is 2.31. The minimum Gasteiger partial charge on any atom is -0.357 e. The average Bonchev–Trinajstić information content (AvgIpc) is 2.80. The maximum Gasteiger partial charge on any atom is 0.147 e. The number of hydrogen-bond donors (Lipinski definition) is 0. The lowest BCUT2D eigenvalue weighted by atomic mass is 9.95. The van der Waals surface area contributed by atoms with Crippen LogP contribution in [0.15, 0.2) is 0 Å². The summed E-state index contributed by atoms with van der Waals surface area (Å²) in [5.41, 5.74) is 0. The Morgan fingerprint density at radius 3 is 0.800 bits per heavy atom. The van der Waals surface area contributed by atoms with Gasteiger partial charge in [0.2, 0.25) is 0 Å². The van der Waals surface area contributed by atoms with Crippen molar-refractivity contribution in [2.24, 2.45) is 47.3 Å². The summed E-state index contributed by atoms with van der Waals surface area (Å²) in [6, 6.07) is 0. The molecule has 2 nitrogen and oxygen atoms in total. The van der Waals surface area contributed by atoms with Crippen molar-refractivity contribution in [1.82, 2.24) is 9.80 Å². The smallest absolute Gasteiger partial charge is 0.147 e. The predicted octanol–water partition coefficient (Wildman–Crippen LogP) is 11.8. The first kappa shape index (κ1) is 40.5. The molecule has 4 unspecified atom stereocenters. The Labute approximate surface area is 271 Å². The van der Waals surface area contributed by atoms with E-state index in [1.54, 1.807) is 21.6 Å². The Hall–Kier alpha value is 0.480. The zero-order valence-corrected chi connectivity index (χ0v) is 31.9. The third-order valence-corrected chi connectivity index (χ3v) is 11.5. The summed E-state index contributed by atoms with van der Waals surface area (Å²) in [6.07, 6.45) is 9.98. The van der Waals surface area contributed by atoms with Gasteiger partial charge in [0.15, 0.2) is 0 Å². The van der Waals surface area contributed by atoms with Gasteiger partial charge in [0.25, 0.3) is 0 Å². The number of rotatable bonds is 20. The van der Waals surface area contributed by atoms with Crippen LogP contribution in [-0.2, 0) is 0 Å². The van der Waals surface area contributed by atoms with Crippen LogP contribution >= 0.6 is 46.0 Å². The Bertz CT molecular complexity index is 568. The van der Waals surface area contributed by atoms with E-state index in [-0.39, 0.29) is 0 Å². The molecule has 0 aromatic carbocycles. The molecule has 0 rings (SSSR count). The molecule has 0 N–H and O–H groups in total. The summed E-state index contributed by atoms with van der Waals surface area (Å²) in [6.45, 7) is 32.5. The summed E-state index contributed by atoms with van der Waals surface area (Å²) in [7, 11) is 3.47. The van der Waals surface area contributed by atoms with E-state index >= 15 is 0 Å². The molecular formula is C34H68N2S4. The van der Waals surface area contributed by atoms with Crippen LogP contribution in [0.4, 0.5) is 0 Å². The Morgan fingerprint density at radius 2 is 0.625 bits per heavy atom. The van der Waals surface area contributed by atoms with Gasteiger partial charge in [-0.25, -0.2) is 0 Å². The summed E-state index contributed by atoms with van der Waals surface area (Å²) in [5.74, 6) is 5.92. The maximum atomic E-state index is 6.06. The second-order valence-electron chi connectivity index (χ2n) is 14.8. The molecule has 0 saturated carbocycles. The van der Waals surface area contributed by atoms with Gasteiger partial charge in [-0.15, -0.1) is 0 Å². The highest BCUT2D eigenvalue weighted by molar-refractivity contribution is 8.89. The van der Waals surface area contributed by atoms with Crippen LogP contribution in [0.5, 0.6) is 0 Å². The van der Waals surface area contributed by atoms with Crippen molar-refractivity contribution in [3.63, 3.8) is 0 Å². The van der Waals surface area contributed by atoms with E-state index in [1.807, 2.05) is 0 Å². The van der Waals surface area contributed by atoms with Crippen molar-refractivity contribution in [3.05, 3.63) is 0 Å². The molecule has 0 saturated heterocycles. The lowest BCUT2D eigenvalue weighted by Crippen LogP contribution is -2.33. The van der Waals surface area contributed by atoms with Gasteiger partial charge < -0.3 is 9.80 Å². The monoisotopic (exact) mass is 632 g/mol. The van der Waals surface area contributed by atoms with Crippen LogP contribution in [0.3, 0.4) is 0 Å². The molecule has 6 heteroatoms. The lowest BCUT2D eigenvalue weighted by Gasteiger charge is -2.30. The van der Waals surface area contributed by atoms with Gasteiger partial charge in [0.05, 0.1) is 0 Å². The zero-order valence-electron chi connectivity index (χ0n) is 28.6. The molecular weight excluding hydrogens is 565 g/mol. The topological polar surface area (TPSA) is 6.48 Å². The molecule has 0 aromatic rings. The summed E-state index contributed by atoms with van der Waals surface area (Å²) in [4.78, 5) is 4.98. The van der Waals surface area contributed by atoms with Crippen molar-refractivity contribution >= 4 is 54.7 Å². The molecule has 0 aliphatic carbocycles. The van der Waals surface area contributed by atoms with Crippen molar-refractivity contribution < 1.29 is 0 Å². The number of hydrogen-bond acceptors (Lipinski definition) is 4. The zero-order chi connectivity index (χ0) is 30.8. The molecule has 0 radical (unpaired) electrons. The van der Waals surface area contributed by atoms with E-state index < -0.39 is 0 Å². The van der Waals surface area contributed by atoms with Crippen molar-refractivity contribution in [1.29, 1.82) is 0 Å². The van der Waals surface area contributed by atoms with Crippen LogP contribution in [0, 0.1) is 47.3 Å². The maximum absolute atomic E-state index is 6.06. The van der Waals surface area contributed by atoms with E-state index in [9.17, 15) is 0 Å². The molecule has 4 atom stereocenters. The first-order chi connectivity index (χ1) is 18.6. The fraction of sp³-hybridized carbons (Fsp3) is 0.941. The molecule has 0 aliphatic rings. The van der Waals surface area contributed by atoms with Gasteiger partial charge in [-0.2, -0.15) is 0 Å². The lowest BCUT2D eigenvalue weighted by molar-refractivity contribution is 0.315. The van der Waals surface area contributed by atoms with Crippen molar-refractivity contribution in [2.75, 3.05) is 26.2 Å². The number of thiocarbonyl (C=S) groups is 2. The van der Waals surface area contributed by atoms with Gasteiger partial charge in [-0.1, -0.05) is 108 Å². The van der Waals surface area contributed by atoms with Crippen LogP contribution in [-0.4, -0.2) is 44.6 Å². The van der Waals surface area contributed by atoms with Crippen LogP contribution < -0.4 is 0 Å². The second kappa shape index (κ2) is 22.9. The quantitative estimate of drug-likeness (QED) is 0.0966. The summed E-state index contributed by atoms with van der Waals surface area (Å²) >= 11 is 12.1. The Kier molecular flexibility index (Phi) is 23.2. The van der Waals surface area contributed by atoms with E-state index in [2.05, 4.69) is 92.9 Å². The Morgan fingerprint density at radius 1 is 0.425 bits per heavy atom. The van der Waals surface area contributed by atoms with E-state index in [4.69, 9.17) is 24.4 Å². The standard InChI is InChI=1S/C34H68N2S4/c1-25(2)21-29(9)13-17-35(18-14-30(10)22-26(3)4)33(37)39-40-34(38)36(19-15-31(11)23-27(5)6)20-16-32(12)24-28(7)8/h25-32H,13-24H2,1-12H3. The highest BCUT2D eigenvalue weighted by Gasteiger charge is 2.19. The van der Waals surface area contributed by atoms with E-state index in [0.29, 0.717) is 0 Å². The molecule has 0 spiro atoms. The summed E-state index contributed by atoms with van der Waals surface area (Å²) in [5, 5.41) is 0. The fourth-order valence-corrected chi connectivity index (χ4v) is 8.72. The molecule has 40 heavy (non-hydrogen) atoms. The normalized spacial score (nSPS) is 15.1. The van der Waals surface area contributed by atoms with Crippen LogP contribution in [0.25, 0.3) is 0 Å². The van der Waals surface area contributed by atoms with Gasteiger partial charge >= 0.3 is 0 Å². The minimum atomic E-state index is 0.730. The SMILES string of the molecule is CC(C)CC(C)CCN(CCC(C)CC(C)C)C(=S)SSC(=S)N(CCC(C)CC(C)C)CCC(C)CC(C)C. The fourth-order valence-electron chi connectivity index (χ4n) is 5.96. The van der Waals surface area contributed by atoms with Gasteiger partial charge in [0, 0.05) is 26.2 Å². The largest absolute Gasteiger partial charge is 0.357 e. The molecule has 0 bridgehead atoms. The molecule has 0 fully saturated rings. The molecule has 0 aliphatic heterocycles. The first-order valence-corrected chi connectivity index (χ1v) is 19.5. The molecule has 0 aromatic heterocycles. The molecule has 0 heterocycles. The number of nitrogens with zero attached hydrogens (tertiary/aromatic N) is 2. The van der Waals surface area contributed by atoms with Gasteiger partial charge in [0.1, 0.15) is 8.64 Å². The van der Waals surface area contributed by atoms with Crippen LogP contribution in [0.2, 0.25) is 0 Å². The molecule has 238 valence electrons. The van der Waals surface area contributed by atoms with Crippen molar-refractivity contribution in [3.8, 4) is 0 Å². The van der Waals surface area contributed by atoms with Gasteiger partial charge in [-0.3, -0.25) is 0 Å². The average molecular weight is 633 g/mol.